The molecule has 1 aromatic carbocycles. The normalized spacial score (nSPS) is 26.5. The fourth-order valence-electron chi connectivity index (χ4n) is 3.53. The van der Waals surface area contributed by atoms with Crippen LogP contribution < -0.4 is 0 Å². The highest BCUT2D eigenvalue weighted by Crippen LogP contribution is 2.36. The molecule has 28 heavy (non-hydrogen) atoms. The van der Waals surface area contributed by atoms with Crippen molar-refractivity contribution >= 4 is 12.0 Å². The highest BCUT2D eigenvalue weighted by Gasteiger charge is 2.39. The second-order valence-electron chi connectivity index (χ2n) is 7.25. The second-order valence-corrected chi connectivity index (χ2v) is 7.25. The van der Waals surface area contributed by atoms with E-state index in [0.29, 0.717) is 25.7 Å². The van der Waals surface area contributed by atoms with E-state index in [9.17, 15) is 20.1 Å². The highest BCUT2D eigenvalue weighted by atomic mass is 16.4. The van der Waals surface area contributed by atoms with Crippen molar-refractivity contribution in [1.29, 1.82) is 0 Å². The van der Waals surface area contributed by atoms with Crippen molar-refractivity contribution in [2.24, 2.45) is 11.8 Å². The van der Waals surface area contributed by atoms with E-state index in [2.05, 4.69) is 0 Å². The molecule has 5 nitrogen and oxygen atoms in total. The summed E-state index contributed by atoms with van der Waals surface area (Å²) < 4.78 is 0. The number of aliphatic hydroxyl groups excluding tert-OH is 3. The Morgan fingerprint density at radius 3 is 2.57 bits per heavy atom. The smallest absolute Gasteiger partial charge is 0.303 e. The van der Waals surface area contributed by atoms with E-state index >= 15 is 0 Å². The number of carbonyl (C=O) groups is 1. The SMILES string of the molecule is O=C(O)CCC/C=C\C[C@@H]1[C@@H](/C=C/[C@@H](O)/C=C/c2ccccc2)[C@H](O)C[C@@H]1O. The topological polar surface area (TPSA) is 98.0 Å². The first-order chi connectivity index (χ1) is 13.5. The summed E-state index contributed by atoms with van der Waals surface area (Å²) in [5, 5.41) is 39.3. The summed E-state index contributed by atoms with van der Waals surface area (Å²) in [5.74, 6) is -1.14. The maximum absolute atomic E-state index is 10.5. The zero-order valence-electron chi connectivity index (χ0n) is 16.0. The van der Waals surface area contributed by atoms with E-state index in [1.54, 1.807) is 18.2 Å². The van der Waals surface area contributed by atoms with Gasteiger partial charge in [0.25, 0.3) is 0 Å². The predicted octanol–water partition coefficient (Wildman–Crippen LogP) is 3.18. The van der Waals surface area contributed by atoms with Crippen molar-refractivity contribution in [2.45, 2.75) is 50.4 Å². The Bertz CT molecular complexity index is 679. The van der Waals surface area contributed by atoms with E-state index in [-0.39, 0.29) is 18.3 Å². The van der Waals surface area contributed by atoms with Gasteiger partial charge in [-0.25, -0.2) is 0 Å². The molecule has 0 spiro atoms. The molecule has 0 radical (unpaired) electrons. The number of carboxylic acid groups (broad SMARTS) is 1. The van der Waals surface area contributed by atoms with Gasteiger partial charge in [-0.15, -0.1) is 0 Å². The molecule has 1 aromatic rings. The molecule has 1 saturated carbocycles. The van der Waals surface area contributed by atoms with Gasteiger partial charge in [0.2, 0.25) is 0 Å². The van der Waals surface area contributed by atoms with Gasteiger partial charge in [-0.3, -0.25) is 4.79 Å². The molecule has 0 heterocycles. The summed E-state index contributed by atoms with van der Waals surface area (Å²) in [7, 11) is 0. The van der Waals surface area contributed by atoms with Crippen LogP contribution in [-0.2, 0) is 4.79 Å². The highest BCUT2D eigenvalue weighted by molar-refractivity contribution is 5.66. The van der Waals surface area contributed by atoms with Gasteiger partial charge in [0.15, 0.2) is 0 Å². The number of rotatable bonds is 10. The Morgan fingerprint density at radius 1 is 1.11 bits per heavy atom. The molecule has 2 rings (SSSR count). The molecule has 152 valence electrons. The van der Waals surface area contributed by atoms with E-state index in [1.807, 2.05) is 48.6 Å². The quantitative estimate of drug-likeness (QED) is 0.366. The molecule has 0 saturated heterocycles. The van der Waals surface area contributed by atoms with Crippen LogP contribution in [0, 0.1) is 11.8 Å². The van der Waals surface area contributed by atoms with Gasteiger partial charge in [-0.05, 0) is 30.7 Å². The van der Waals surface area contributed by atoms with E-state index in [1.165, 1.54) is 0 Å². The van der Waals surface area contributed by atoms with Gasteiger partial charge in [0, 0.05) is 18.8 Å². The second kappa shape index (κ2) is 11.6. The van der Waals surface area contributed by atoms with Crippen molar-refractivity contribution in [2.75, 3.05) is 0 Å². The minimum atomic E-state index is -0.798. The van der Waals surface area contributed by atoms with Crippen LogP contribution in [0.5, 0.6) is 0 Å². The van der Waals surface area contributed by atoms with Crippen LogP contribution in [0.4, 0.5) is 0 Å². The zero-order chi connectivity index (χ0) is 20.4. The van der Waals surface area contributed by atoms with Crippen molar-refractivity contribution < 1.29 is 25.2 Å². The van der Waals surface area contributed by atoms with Crippen LogP contribution in [0.3, 0.4) is 0 Å². The van der Waals surface area contributed by atoms with Crippen LogP contribution in [0.15, 0.2) is 60.7 Å². The largest absolute Gasteiger partial charge is 0.481 e. The predicted molar refractivity (Wildman–Crippen MR) is 109 cm³/mol. The Labute approximate surface area is 166 Å². The lowest BCUT2D eigenvalue weighted by Gasteiger charge is -2.19. The Kier molecular flexibility index (Phi) is 9.14. The third kappa shape index (κ3) is 7.43. The van der Waals surface area contributed by atoms with E-state index in [4.69, 9.17) is 5.11 Å². The van der Waals surface area contributed by atoms with Crippen LogP contribution in [0.25, 0.3) is 6.08 Å². The lowest BCUT2D eigenvalue weighted by molar-refractivity contribution is -0.137. The Hall–Kier alpha value is -2.21. The van der Waals surface area contributed by atoms with Gasteiger partial charge >= 0.3 is 5.97 Å². The monoisotopic (exact) mass is 386 g/mol. The summed E-state index contributed by atoms with van der Waals surface area (Å²) in [6.45, 7) is 0. The summed E-state index contributed by atoms with van der Waals surface area (Å²) in [5.41, 5.74) is 0.997. The number of unbranched alkanes of at least 4 members (excludes halogenated alkanes) is 1. The van der Waals surface area contributed by atoms with Crippen molar-refractivity contribution in [3.8, 4) is 0 Å². The van der Waals surface area contributed by atoms with Gasteiger partial charge in [0.05, 0.1) is 18.3 Å². The van der Waals surface area contributed by atoms with E-state index < -0.39 is 24.3 Å². The number of carboxylic acids is 1. The number of benzene rings is 1. The molecule has 0 aromatic heterocycles. The molecule has 0 aliphatic heterocycles. The summed E-state index contributed by atoms with van der Waals surface area (Å²) >= 11 is 0. The number of aliphatic hydroxyl groups is 3. The summed E-state index contributed by atoms with van der Waals surface area (Å²) in [6.07, 6.45) is 11.2. The molecule has 4 N–H and O–H groups in total. The molecule has 0 amide bonds. The van der Waals surface area contributed by atoms with Gasteiger partial charge in [-0.2, -0.15) is 0 Å². The first-order valence-electron chi connectivity index (χ1n) is 9.80. The molecule has 1 aliphatic carbocycles. The lowest BCUT2D eigenvalue weighted by Crippen LogP contribution is -2.20. The molecular formula is C23H30O5. The van der Waals surface area contributed by atoms with Gasteiger partial charge in [0.1, 0.15) is 0 Å². The van der Waals surface area contributed by atoms with Crippen LogP contribution in [0.2, 0.25) is 0 Å². The van der Waals surface area contributed by atoms with Crippen molar-refractivity contribution in [3.63, 3.8) is 0 Å². The minimum absolute atomic E-state index is 0.118. The molecule has 5 atom stereocenters. The number of hydrogen-bond acceptors (Lipinski definition) is 4. The van der Waals surface area contributed by atoms with Gasteiger partial charge < -0.3 is 20.4 Å². The van der Waals surface area contributed by atoms with Crippen LogP contribution in [0.1, 0.15) is 37.7 Å². The van der Waals surface area contributed by atoms with Crippen LogP contribution >= 0.6 is 0 Å². The standard InChI is InChI=1S/C23H30O5/c24-18(13-12-17-8-4-3-5-9-17)14-15-20-19(21(25)16-22(20)26)10-6-1-2-7-11-23(27)28/h1,3-6,8-9,12-15,18-22,24-26H,2,7,10-11,16H2,(H,27,28)/b6-1-,13-12+,15-14+/t18-,19+,20+,21-,22+/m0/s1. The summed E-state index contributed by atoms with van der Waals surface area (Å²) in [4.78, 5) is 10.5. The first-order valence-corrected chi connectivity index (χ1v) is 9.80. The average molecular weight is 386 g/mol. The summed E-state index contributed by atoms with van der Waals surface area (Å²) in [6, 6.07) is 9.68. The Balaban J connectivity index is 1.88. The molecule has 0 bridgehead atoms. The first kappa shape index (κ1) is 22.1. The number of hydrogen-bond donors (Lipinski definition) is 4. The zero-order valence-corrected chi connectivity index (χ0v) is 16.0. The Morgan fingerprint density at radius 2 is 1.86 bits per heavy atom. The van der Waals surface area contributed by atoms with Crippen LogP contribution in [-0.4, -0.2) is 44.7 Å². The molecule has 1 fully saturated rings. The fourth-order valence-corrected chi connectivity index (χ4v) is 3.53. The van der Waals surface area contributed by atoms with Crippen molar-refractivity contribution in [1.82, 2.24) is 0 Å². The molecule has 1 aliphatic rings. The maximum Gasteiger partial charge on any atom is 0.303 e. The lowest BCUT2D eigenvalue weighted by atomic mass is 9.89. The fraction of sp³-hybridized carbons (Fsp3) is 0.435. The van der Waals surface area contributed by atoms with E-state index in [0.717, 1.165) is 5.56 Å². The van der Waals surface area contributed by atoms with Crippen molar-refractivity contribution in [3.05, 3.63) is 66.3 Å². The third-order valence-corrected chi connectivity index (χ3v) is 5.07. The number of allylic oxidation sites excluding steroid dienone is 2. The number of aliphatic carboxylic acids is 1. The van der Waals surface area contributed by atoms with Gasteiger partial charge in [-0.1, -0.05) is 66.8 Å². The molecule has 5 heteroatoms. The molecule has 0 unspecified atom stereocenters. The third-order valence-electron chi connectivity index (χ3n) is 5.07. The average Bonchev–Trinajstić information content (AvgIpc) is 2.94. The maximum atomic E-state index is 10.5. The minimum Gasteiger partial charge on any atom is -0.481 e. The molecular weight excluding hydrogens is 356 g/mol.